The highest BCUT2D eigenvalue weighted by Gasteiger charge is 2.48. The van der Waals surface area contributed by atoms with Gasteiger partial charge in [-0.2, -0.15) is 0 Å². The number of aliphatic hydroxyl groups is 1. The van der Waals surface area contributed by atoms with Gasteiger partial charge in [0.2, 0.25) is 11.7 Å². The van der Waals surface area contributed by atoms with Crippen molar-refractivity contribution >= 4 is 34.5 Å². The van der Waals surface area contributed by atoms with Crippen LogP contribution in [0.15, 0.2) is 30.6 Å². The van der Waals surface area contributed by atoms with Gasteiger partial charge in [-0.3, -0.25) is 9.59 Å². The first-order chi connectivity index (χ1) is 15.5. The summed E-state index contributed by atoms with van der Waals surface area (Å²) in [7, 11) is 1.75. The van der Waals surface area contributed by atoms with Gasteiger partial charge in [0.1, 0.15) is 6.33 Å². The minimum atomic E-state index is -0.513. The highest BCUT2D eigenvalue weighted by molar-refractivity contribution is 6.06. The smallest absolute Gasteiger partial charge is 0.287 e. The van der Waals surface area contributed by atoms with Gasteiger partial charge >= 0.3 is 0 Å². The Balaban J connectivity index is 1.41. The third-order valence-corrected chi connectivity index (χ3v) is 6.50. The first-order valence-corrected chi connectivity index (χ1v) is 10.8. The van der Waals surface area contributed by atoms with Crippen LogP contribution in [0.3, 0.4) is 0 Å². The lowest BCUT2D eigenvalue weighted by Crippen LogP contribution is -2.46. The number of nitrogens with one attached hydrogen (secondary N) is 2. The molecule has 4 heterocycles. The number of rotatable bonds is 5. The van der Waals surface area contributed by atoms with Crippen LogP contribution in [-0.4, -0.2) is 62.7 Å². The third kappa shape index (κ3) is 3.10. The summed E-state index contributed by atoms with van der Waals surface area (Å²) in [5.74, 6) is 0.659. The van der Waals surface area contributed by atoms with Gasteiger partial charge in [-0.25, -0.2) is 15.0 Å². The molecule has 1 saturated heterocycles. The van der Waals surface area contributed by atoms with Gasteiger partial charge in [0, 0.05) is 39.0 Å². The van der Waals surface area contributed by atoms with E-state index in [1.807, 2.05) is 24.3 Å². The second-order valence-corrected chi connectivity index (χ2v) is 8.27. The summed E-state index contributed by atoms with van der Waals surface area (Å²) in [6.45, 7) is 1.66. The molecule has 10 heteroatoms. The lowest BCUT2D eigenvalue weighted by molar-refractivity contribution is -0.121. The molecule has 3 N–H and O–H groups in total. The number of carbonyl (C=O) groups excluding carboxylic acids is 2. The number of anilines is 2. The standard InChI is InChI=1S/C22H25N7O3/c1-28-17-16(27-19(28)20(31)23-9-4-12-30)18(25-13-24-17)29-10-7-22(8-11-29)14-5-2-3-6-15(14)26-21(22)32/h2-3,5-6,13,30H,4,7-12H2,1H3,(H,23,31)(H,26,32). The van der Waals surface area contributed by atoms with Crippen LogP contribution in [0.5, 0.6) is 0 Å². The molecule has 2 amide bonds. The van der Waals surface area contributed by atoms with Crippen LogP contribution in [0.25, 0.3) is 11.2 Å². The number of hydrogen-bond donors (Lipinski definition) is 3. The maximum atomic E-state index is 12.9. The number of hydrogen-bond acceptors (Lipinski definition) is 7. The molecule has 0 saturated carbocycles. The molecule has 2 aromatic heterocycles. The number of benzene rings is 1. The number of para-hydroxylation sites is 1. The van der Waals surface area contributed by atoms with Gasteiger partial charge in [0.15, 0.2) is 17.0 Å². The summed E-state index contributed by atoms with van der Waals surface area (Å²) in [6.07, 6.45) is 3.30. The van der Waals surface area contributed by atoms with Crippen molar-refractivity contribution in [3.8, 4) is 0 Å². The molecule has 0 aliphatic carbocycles. The molecule has 0 bridgehead atoms. The molecular weight excluding hydrogens is 410 g/mol. The molecule has 2 aliphatic heterocycles. The molecule has 10 nitrogen and oxygen atoms in total. The Labute approximate surface area is 184 Å². The highest BCUT2D eigenvalue weighted by Crippen LogP contribution is 2.45. The van der Waals surface area contributed by atoms with Crippen molar-refractivity contribution < 1.29 is 14.7 Å². The topological polar surface area (TPSA) is 125 Å². The Morgan fingerprint density at radius 1 is 1.25 bits per heavy atom. The summed E-state index contributed by atoms with van der Waals surface area (Å²) >= 11 is 0. The second kappa shape index (κ2) is 7.86. The molecule has 1 aromatic carbocycles. The van der Waals surface area contributed by atoms with E-state index >= 15 is 0 Å². The van der Waals surface area contributed by atoms with Crippen LogP contribution in [0, 0.1) is 0 Å². The van der Waals surface area contributed by atoms with Crippen LogP contribution in [-0.2, 0) is 17.3 Å². The van der Waals surface area contributed by atoms with Crippen molar-refractivity contribution in [1.82, 2.24) is 24.8 Å². The monoisotopic (exact) mass is 435 g/mol. The number of carbonyl (C=O) groups is 2. The minimum Gasteiger partial charge on any atom is -0.396 e. The second-order valence-electron chi connectivity index (χ2n) is 8.27. The van der Waals surface area contributed by atoms with E-state index in [2.05, 4.69) is 30.5 Å². The largest absolute Gasteiger partial charge is 0.396 e. The van der Waals surface area contributed by atoms with E-state index in [4.69, 9.17) is 5.11 Å². The number of nitrogens with zero attached hydrogens (tertiary/aromatic N) is 5. The third-order valence-electron chi connectivity index (χ3n) is 6.50. The average molecular weight is 435 g/mol. The fourth-order valence-corrected chi connectivity index (χ4v) is 4.75. The van der Waals surface area contributed by atoms with Crippen molar-refractivity contribution in [2.45, 2.75) is 24.7 Å². The number of amides is 2. The van der Waals surface area contributed by atoms with Crippen molar-refractivity contribution in [2.75, 3.05) is 36.5 Å². The molecule has 0 radical (unpaired) electrons. The molecule has 1 spiro atoms. The van der Waals surface area contributed by atoms with Gasteiger partial charge in [-0.15, -0.1) is 0 Å². The summed E-state index contributed by atoms with van der Waals surface area (Å²) < 4.78 is 1.65. The quantitative estimate of drug-likeness (QED) is 0.510. The van der Waals surface area contributed by atoms with Gasteiger partial charge in [0.05, 0.1) is 5.41 Å². The number of piperidine rings is 1. The molecule has 0 unspecified atom stereocenters. The van der Waals surface area contributed by atoms with E-state index in [1.165, 1.54) is 6.33 Å². The molecule has 32 heavy (non-hydrogen) atoms. The Morgan fingerprint density at radius 2 is 2.03 bits per heavy atom. The van der Waals surface area contributed by atoms with Crippen LogP contribution in [0.1, 0.15) is 35.4 Å². The van der Waals surface area contributed by atoms with Crippen LogP contribution >= 0.6 is 0 Å². The molecule has 3 aromatic rings. The summed E-state index contributed by atoms with van der Waals surface area (Å²) in [4.78, 5) is 40.9. The average Bonchev–Trinajstić information content (AvgIpc) is 3.29. The molecule has 1 fully saturated rings. The molecule has 166 valence electrons. The minimum absolute atomic E-state index is 0.0113. The Morgan fingerprint density at radius 3 is 2.81 bits per heavy atom. The van der Waals surface area contributed by atoms with E-state index in [1.54, 1.807) is 11.6 Å². The van der Waals surface area contributed by atoms with Crippen molar-refractivity contribution in [3.63, 3.8) is 0 Å². The number of aromatic nitrogens is 4. The SMILES string of the molecule is Cn1c(C(=O)NCCCO)nc2c(N3CCC4(CC3)C(=O)Nc3ccccc34)ncnc21. The fourth-order valence-electron chi connectivity index (χ4n) is 4.75. The predicted molar refractivity (Wildman–Crippen MR) is 119 cm³/mol. The molecule has 5 rings (SSSR count). The number of aliphatic hydroxyl groups excluding tert-OH is 1. The first-order valence-electron chi connectivity index (χ1n) is 10.8. The molecular formula is C22H25N7O3. The number of imidazole rings is 1. The predicted octanol–water partition coefficient (Wildman–Crippen LogP) is 0.966. The lowest BCUT2D eigenvalue weighted by Gasteiger charge is -2.38. The van der Waals surface area contributed by atoms with E-state index < -0.39 is 5.41 Å². The van der Waals surface area contributed by atoms with Crippen molar-refractivity contribution in [3.05, 3.63) is 42.0 Å². The van der Waals surface area contributed by atoms with Crippen LogP contribution in [0.4, 0.5) is 11.5 Å². The zero-order chi connectivity index (χ0) is 22.3. The van der Waals surface area contributed by atoms with E-state index in [-0.39, 0.29) is 24.2 Å². The summed E-state index contributed by atoms with van der Waals surface area (Å²) in [6, 6.07) is 7.89. The van der Waals surface area contributed by atoms with Gasteiger partial charge in [-0.1, -0.05) is 18.2 Å². The van der Waals surface area contributed by atoms with E-state index in [0.717, 1.165) is 11.3 Å². The zero-order valence-electron chi connectivity index (χ0n) is 17.8. The Bertz CT molecular complexity index is 1200. The summed E-state index contributed by atoms with van der Waals surface area (Å²) in [5, 5.41) is 14.7. The zero-order valence-corrected chi connectivity index (χ0v) is 17.8. The van der Waals surface area contributed by atoms with Crippen LogP contribution < -0.4 is 15.5 Å². The fraction of sp³-hybridized carbons (Fsp3) is 0.409. The summed E-state index contributed by atoms with van der Waals surface area (Å²) in [5.41, 5.74) is 2.59. The van der Waals surface area contributed by atoms with Crippen molar-refractivity contribution in [2.24, 2.45) is 7.05 Å². The Hall–Kier alpha value is -3.53. The van der Waals surface area contributed by atoms with E-state index in [0.29, 0.717) is 55.9 Å². The Kier molecular flexibility index (Phi) is 5.01. The molecule has 0 atom stereocenters. The maximum Gasteiger partial charge on any atom is 0.287 e. The molecule has 2 aliphatic rings. The maximum absolute atomic E-state index is 12.9. The van der Waals surface area contributed by atoms with Gasteiger partial charge in [0.25, 0.3) is 5.91 Å². The first kappa shape index (κ1) is 20.4. The highest BCUT2D eigenvalue weighted by atomic mass is 16.3. The van der Waals surface area contributed by atoms with Gasteiger partial charge < -0.3 is 25.2 Å². The normalized spacial score (nSPS) is 16.9. The van der Waals surface area contributed by atoms with E-state index in [9.17, 15) is 9.59 Å². The number of aryl methyl sites for hydroxylation is 1. The van der Waals surface area contributed by atoms with Crippen LogP contribution in [0.2, 0.25) is 0 Å². The van der Waals surface area contributed by atoms with Gasteiger partial charge in [-0.05, 0) is 30.9 Å². The van der Waals surface area contributed by atoms with Crippen molar-refractivity contribution in [1.29, 1.82) is 0 Å². The number of fused-ring (bicyclic) bond motifs is 3. The lowest BCUT2D eigenvalue weighted by atomic mass is 9.73.